The van der Waals surface area contributed by atoms with Gasteiger partial charge < -0.3 is 5.73 Å². The van der Waals surface area contributed by atoms with Gasteiger partial charge in [-0.1, -0.05) is 20.3 Å². The summed E-state index contributed by atoms with van der Waals surface area (Å²) in [4.78, 5) is 2.71. The van der Waals surface area contributed by atoms with Crippen LogP contribution < -0.4 is 5.73 Å². The van der Waals surface area contributed by atoms with Gasteiger partial charge in [-0.25, -0.2) is 0 Å². The normalized spacial score (nSPS) is 32.2. The van der Waals surface area contributed by atoms with Crippen LogP contribution in [0.1, 0.15) is 46.0 Å². The van der Waals surface area contributed by atoms with Gasteiger partial charge in [0.05, 0.1) is 0 Å². The Labute approximate surface area is 94.2 Å². The van der Waals surface area contributed by atoms with Crippen molar-refractivity contribution in [3.05, 3.63) is 0 Å². The van der Waals surface area contributed by atoms with Gasteiger partial charge in [-0.3, -0.25) is 4.90 Å². The largest absolute Gasteiger partial charge is 0.329 e. The maximum Gasteiger partial charge on any atom is 0.0326 e. The maximum absolute atomic E-state index is 6.02. The van der Waals surface area contributed by atoms with Crippen molar-refractivity contribution in [2.45, 2.75) is 51.5 Å². The first-order valence-electron chi connectivity index (χ1n) is 6.71. The summed E-state index contributed by atoms with van der Waals surface area (Å²) in [5.74, 6) is 1.99. The van der Waals surface area contributed by atoms with Crippen LogP contribution in [-0.4, -0.2) is 30.1 Å². The van der Waals surface area contributed by atoms with Gasteiger partial charge in [0.2, 0.25) is 0 Å². The van der Waals surface area contributed by atoms with Crippen LogP contribution in [0.25, 0.3) is 0 Å². The van der Waals surface area contributed by atoms with Crippen molar-refractivity contribution in [3.63, 3.8) is 0 Å². The number of fused-ring (bicyclic) bond motifs is 1. The topological polar surface area (TPSA) is 29.3 Å². The molecule has 2 rings (SSSR count). The molecule has 2 unspecified atom stereocenters. The minimum Gasteiger partial charge on any atom is -0.329 e. The van der Waals surface area contributed by atoms with Gasteiger partial charge in [0.1, 0.15) is 0 Å². The molecule has 2 fully saturated rings. The second kappa shape index (κ2) is 4.42. The number of rotatable bonds is 4. The van der Waals surface area contributed by atoms with E-state index in [2.05, 4.69) is 18.7 Å². The van der Waals surface area contributed by atoms with E-state index in [1.807, 2.05) is 0 Å². The Hall–Kier alpha value is -0.0800. The Morgan fingerprint density at radius 2 is 1.67 bits per heavy atom. The molecule has 1 heterocycles. The zero-order valence-corrected chi connectivity index (χ0v) is 10.3. The molecule has 88 valence electrons. The predicted octanol–water partition coefficient (Wildman–Crippen LogP) is 2.24. The van der Waals surface area contributed by atoms with Gasteiger partial charge in [-0.2, -0.15) is 0 Å². The first-order valence-corrected chi connectivity index (χ1v) is 6.71. The molecule has 2 aliphatic rings. The van der Waals surface area contributed by atoms with Crippen LogP contribution in [0.15, 0.2) is 0 Å². The summed E-state index contributed by atoms with van der Waals surface area (Å²) >= 11 is 0. The SMILES string of the molecule is CCC(CC)(CN)N1CC2CCCC2C1. The summed E-state index contributed by atoms with van der Waals surface area (Å²) in [6, 6.07) is 0. The molecule has 1 saturated carbocycles. The van der Waals surface area contributed by atoms with Crippen molar-refractivity contribution >= 4 is 0 Å². The second-order valence-corrected chi connectivity index (χ2v) is 5.49. The zero-order chi connectivity index (χ0) is 10.9. The van der Waals surface area contributed by atoms with Crippen molar-refractivity contribution < 1.29 is 0 Å². The smallest absolute Gasteiger partial charge is 0.0326 e. The van der Waals surface area contributed by atoms with Crippen LogP contribution in [0.4, 0.5) is 0 Å². The molecule has 1 saturated heterocycles. The lowest BCUT2D eigenvalue weighted by atomic mass is 9.91. The van der Waals surface area contributed by atoms with E-state index >= 15 is 0 Å². The predicted molar refractivity (Wildman–Crippen MR) is 64.8 cm³/mol. The molecule has 0 aromatic heterocycles. The lowest BCUT2D eigenvalue weighted by Crippen LogP contribution is -2.52. The van der Waals surface area contributed by atoms with Crippen LogP contribution >= 0.6 is 0 Å². The third kappa shape index (κ3) is 1.83. The highest BCUT2D eigenvalue weighted by atomic mass is 15.2. The van der Waals surface area contributed by atoms with E-state index in [4.69, 9.17) is 5.73 Å². The number of nitrogens with two attached hydrogens (primary N) is 1. The number of nitrogens with zero attached hydrogens (tertiary/aromatic N) is 1. The number of hydrogen-bond donors (Lipinski definition) is 1. The van der Waals surface area contributed by atoms with Crippen molar-refractivity contribution in [2.24, 2.45) is 17.6 Å². The van der Waals surface area contributed by atoms with Crippen molar-refractivity contribution in [1.82, 2.24) is 4.90 Å². The monoisotopic (exact) mass is 210 g/mol. The van der Waals surface area contributed by atoms with E-state index in [1.165, 1.54) is 45.2 Å². The Morgan fingerprint density at radius 1 is 1.13 bits per heavy atom. The highest BCUT2D eigenvalue weighted by Gasteiger charge is 2.43. The van der Waals surface area contributed by atoms with Gasteiger partial charge in [0.15, 0.2) is 0 Å². The van der Waals surface area contributed by atoms with Gasteiger partial charge in [0, 0.05) is 25.2 Å². The standard InChI is InChI=1S/C13H26N2/c1-3-13(4-2,10-14)15-8-11-6-5-7-12(11)9-15/h11-12H,3-10,14H2,1-2H3. The van der Waals surface area contributed by atoms with E-state index in [0.29, 0.717) is 5.54 Å². The Morgan fingerprint density at radius 3 is 2.07 bits per heavy atom. The summed E-state index contributed by atoms with van der Waals surface area (Å²) in [6.45, 7) is 8.07. The molecule has 0 amide bonds. The molecule has 0 radical (unpaired) electrons. The molecular formula is C13H26N2. The maximum atomic E-state index is 6.02. The summed E-state index contributed by atoms with van der Waals surface area (Å²) in [5.41, 5.74) is 6.33. The molecule has 1 aliphatic carbocycles. The summed E-state index contributed by atoms with van der Waals surface area (Å²) in [5, 5.41) is 0. The summed E-state index contributed by atoms with van der Waals surface area (Å²) in [7, 11) is 0. The fourth-order valence-corrected chi connectivity index (χ4v) is 3.74. The molecule has 2 N–H and O–H groups in total. The van der Waals surface area contributed by atoms with E-state index in [0.717, 1.165) is 18.4 Å². The quantitative estimate of drug-likeness (QED) is 0.771. The molecule has 0 aromatic rings. The van der Waals surface area contributed by atoms with E-state index < -0.39 is 0 Å². The summed E-state index contributed by atoms with van der Waals surface area (Å²) < 4.78 is 0. The van der Waals surface area contributed by atoms with Crippen LogP contribution in [0.5, 0.6) is 0 Å². The fourth-order valence-electron chi connectivity index (χ4n) is 3.74. The molecule has 2 nitrogen and oxygen atoms in total. The van der Waals surface area contributed by atoms with Crippen molar-refractivity contribution in [2.75, 3.05) is 19.6 Å². The Kier molecular flexibility index (Phi) is 3.36. The third-order valence-electron chi connectivity index (χ3n) is 5.09. The average Bonchev–Trinajstić information content (AvgIpc) is 2.82. The first-order chi connectivity index (χ1) is 7.25. The lowest BCUT2D eigenvalue weighted by molar-refractivity contribution is 0.104. The molecule has 2 heteroatoms. The average molecular weight is 210 g/mol. The Bertz CT molecular complexity index is 190. The molecular weight excluding hydrogens is 184 g/mol. The highest BCUT2D eigenvalue weighted by Crippen LogP contribution is 2.41. The van der Waals surface area contributed by atoms with E-state index in [1.54, 1.807) is 0 Å². The zero-order valence-electron chi connectivity index (χ0n) is 10.3. The second-order valence-electron chi connectivity index (χ2n) is 5.49. The van der Waals surface area contributed by atoms with E-state index in [-0.39, 0.29) is 0 Å². The molecule has 0 bridgehead atoms. The molecule has 1 aliphatic heterocycles. The van der Waals surface area contributed by atoms with Crippen LogP contribution in [0, 0.1) is 11.8 Å². The third-order valence-corrected chi connectivity index (χ3v) is 5.09. The van der Waals surface area contributed by atoms with Gasteiger partial charge in [0.25, 0.3) is 0 Å². The minimum atomic E-state index is 0.310. The number of likely N-dealkylation sites (tertiary alicyclic amines) is 1. The summed E-state index contributed by atoms with van der Waals surface area (Å²) in [6.07, 6.45) is 6.82. The van der Waals surface area contributed by atoms with Crippen molar-refractivity contribution in [1.29, 1.82) is 0 Å². The Balaban J connectivity index is 2.04. The molecule has 0 aromatic carbocycles. The fraction of sp³-hybridized carbons (Fsp3) is 1.00. The highest BCUT2D eigenvalue weighted by molar-refractivity contribution is 4.98. The lowest BCUT2D eigenvalue weighted by Gasteiger charge is -2.40. The van der Waals surface area contributed by atoms with E-state index in [9.17, 15) is 0 Å². The molecule has 2 atom stereocenters. The molecule has 0 spiro atoms. The van der Waals surface area contributed by atoms with Crippen molar-refractivity contribution in [3.8, 4) is 0 Å². The van der Waals surface area contributed by atoms with Crippen LogP contribution in [-0.2, 0) is 0 Å². The number of hydrogen-bond acceptors (Lipinski definition) is 2. The van der Waals surface area contributed by atoms with Crippen LogP contribution in [0.2, 0.25) is 0 Å². The van der Waals surface area contributed by atoms with Gasteiger partial charge in [-0.05, 0) is 37.5 Å². The van der Waals surface area contributed by atoms with Gasteiger partial charge >= 0.3 is 0 Å². The first kappa shape index (κ1) is 11.4. The van der Waals surface area contributed by atoms with Gasteiger partial charge in [-0.15, -0.1) is 0 Å². The minimum absolute atomic E-state index is 0.310. The molecule has 15 heavy (non-hydrogen) atoms. The van der Waals surface area contributed by atoms with Crippen LogP contribution in [0.3, 0.4) is 0 Å².